The normalized spacial score (nSPS) is 13.8. The van der Waals surface area contributed by atoms with Gasteiger partial charge in [-0.15, -0.1) is 4.36 Å². The highest BCUT2D eigenvalue weighted by atomic mass is 32.2. The van der Waals surface area contributed by atoms with Crippen LogP contribution >= 0.6 is 0 Å². The summed E-state index contributed by atoms with van der Waals surface area (Å²) in [5.74, 6) is 5.57. The lowest BCUT2D eigenvalue weighted by molar-refractivity contribution is 0.680. The van der Waals surface area contributed by atoms with Gasteiger partial charge in [-0.2, -0.15) is 5.26 Å². The molecule has 0 aliphatic rings. The van der Waals surface area contributed by atoms with Crippen molar-refractivity contribution in [2.24, 2.45) is 10.2 Å². The van der Waals surface area contributed by atoms with Crippen LogP contribution < -0.4 is 11.3 Å². The summed E-state index contributed by atoms with van der Waals surface area (Å²) in [5.41, 5.74) is 2.34. The molecule has 1 aromatic heterocycles. The van der Waals surface area contributed by atoms with Gasteiger partial charge in [0.25, 0.3) is 0 Å². The summed E-state index contributed by atoms with van der Waals surface area (Å²) in [6.45, 7) is 0. The average molecular weight is 211 g/mol. The van der Waals surface area contributed by atoms with E-state index in [-0.39, 0.29) is 0 Å². The van der Waals surface area contributed by atoms with Crippen LogP contribution in [-0.4, -0.2) is 15.4 Å². The molecule has 74 valence electrons. The lowest BCUT2D eigenvalue weighted by Crippen LogP contribution is -2.08. The first-order chi connectivity index (χ1) is 6.60. The second-order valence-corrected chi connectivity index (χ2v) is 4.78. The Balaban J connectivity index is 3.18. The summed E-state index contributed by atoms with van der Waals surface area (Å²) in [6, 6.07) is 3.12. The Morgan fingerprint density at radius 3 is 2.86 bits per heavy atom. The van der Waals surface area contributed by atoms with E-state index in [0.29, 0.717) is 10.7 Å². The number of nitrogens with two attached hydrogens (primary N) is 1. The zero-order valence-electron chi connectivity index (χ0n) is 7.47. The molecule has 1 atom stereocenters. The Morgan fingerprint density at radius 1 is 1.71 bits per heavy atom. The van der Waals surface area contributed by atoms with Crippen LogP contribution in [0, 0.1) is 11.5 Å². The number of hydrogen-bond donors (Lipinski definition) is 2. The van der Waals surface area contributed by atoms with Crippen LogP contribution in [-0.2, 0) is 9.73 Å². The van der Waals surface area contributed by atoms with Crippen molar-refractivity contribution in [2.45, 2.75) is 4.90 Å². The van der Waals surface area contributed by atoms with Crippen LogP contribution in [0.25, 0.3) is 0 Å². The molecule has 3 N–H and O–H groups in total. The van der Waals surface area contributed by atoms with Crippen molar-refractivity contribution >= 4 is 15.5 Å². The zero-order chi connectivity index (χ0) is 10.6. The number of nitrogens with one attached hydrogen (secondary N) is 1. The second kappa shape index (κ2) is 4.04. The van der Waals surface area contributed by atoms with E-state index >= 15 is 0 Å². The third-order valence-electron chi connectivity index (χ3n) is 1.54. The lowest BCUT2D eigenvalue weighted by atomic mass is 10.5. The molecule has 1 aromatic rings. The van der Waals surface area contributed by atoms with Gasteiger partial charge in [0, 0.05) is 12.5 Å². The van der Waals surface area contributed by atoms with E-state index < -0.39 is 9.73 Å². The molecule has 7 heteroatoms. The standard InChI is InChI=1S/C7H9N5OS/c1-14(13,11-5-8)6-2-3-7(12-9)10-4-6/h2-4H,9H2,1H3,(H,10,12). The molecular weight excluding hydrogens is 202 g/mol. The first-order valence-electron chi connectivity index (χ1n) is 3.63. The molecule has 1 unspecified atom stereocenters. The number of nitriles is 1. The summed E-state index contributed by atoms with van der Waals surface area (Å²) >= 11 is 0. The molecule has 0 saturated heterocycles. The van der Waals surface area contributed by atoms with Crippen molar-refractivity contribution < 1.29 is 4.21 Å². The lowest BCUT2D eigenvalue weighted by Gasteiger charge is -2.02. The summed E-state index contributed by atoms with van der Waals surface area (Å²) in [6.07, 6.45) is 4.27. The van der Waals surface area contributed by atoms with E-state index in [4.69, 9.17) is 11.1 Å². The van der Waals surface area contributed by atoms with Gasteiger partial charge in [-0.25, -0.2) is 15.0 Å². The summed E-state index contributed by atoms with van der Waals surface area (Å²) in [7, 11) is -2.65. The molecule has 1 heterocycles. The van der Waals surface area contributed by atoms with Crippen molar-refractivity contribution in [2.75, 3.05) is 11.7 Å². The number of nitrogen functional groups attached to an aromatic ring is 1. The molecule has 0 aliphatic heterocycles. The first-order valence-corrected chi connectivity index (χ1v) is 5.55. The van der Waals surface area contributed by atoms with Gasteiger partial charge in [0.2, 0.25) is 6.19 Å². The van der Waals surface area contributed by atoms with Crippen molar-refractivity contribution in [1.82, 2.24) is 4.98 Å². The Kier molecular flexibility index (Phi) is 3.01. The molecule has 0 amide bonds. The van der Waals surface area contributed by atoms with Crippen LogP contribution in [0.2, 0.25) is 0 Å². The van der Waals surface area contributed by atoms with E-state index in [1.807, 2.05) is 0 Å². The van der Waals surface area contributed by atoms with Crippen molar-refractivity contribution in [3.05, 3.63) is 18.3 Å². The molecule has 0 aromatic carbocycles. The number of anilines is 1. The third kappa shape index (κ3) is 2.18. The maximum absolute atomic E-state index is 11.7. The highest BCUT2D eigenvalue weighted by molar-refractivity contribution is 7.93. The molecule has 0 spiro atoms. The van der Waals surface area contributed by atoms with Crippen LogP contribution in [0.1, 0.15) is 0 Å². The number of pyridine rings is 1. The van der Waals surface area contributed by atoms with Crippen molar-refractivity contribution in [3.8, 4) is 6.19 Å². The summed E-state index contributed by atoms with van der Waals surface area (Å²) in [4.78, 5) is 4.26. The van der Waals surface area contributed by atoms with Crippen LogP contribution in [0.5, 0.6) is 0 Å². The predicted molar refractivity (Wildman–Crippen MR) is 52.4 cm³/mol. The minimum absolute atomic E-state index is 0.401. The number of hydrogen-bond acceptors (Lipinski definition) is 6. The maximum Gasteiger partial charge on any atom is 0.214 e. The molecule has 0 aliphatic carbocycles. The number of aromatic nitrogens is 1. The summed E-state index contributed by atoms with van der Waals surface area (Å²) in [5, 5.41) is 8.32. The largest absolute Gasteiger partial charge is 0.308 e. The van der Waals surface area contributed by atoms with Crippen molar-refractivity contribution in [3.63, 3.8) is 0 Å². The van der Waals surface area contributed by atoms with E-state index in [9.17, 15) is 4.21 Å². The summed E-state index contributed by atoms with van der Waals surface area (Å²) < 4.78 is 15.0. The van der Waals surface area contributed by atoms with Gasteiger partial charge in [0.1, 0.15) is 5.82 Å². The molecule has 14 heavy (non-hydrogen) atoms. The molecule has 6 nitrogen and oxygen atoms in total. The Labute approximate surface area is 81.9 Å². The fraction of sp³-hybridized carbons (Fsp3) is 0.143. The van der Waals surface area contributed by atoms with Gasteiger partial charge in [-0.1, -0.05) is 0 Å². The minimum Gasteiger partial charge on any atom is -0.308 e. The zero-order valence-corrected chi connectivity index (χ0v) is 8.28. The van der Waals surface area contributed by atoms with E-state index in [1.54, 1.807) is 12.1 Å². The Bertz CT molecular complexity index is 466. The van der Waals surface area contributed by atoms with Crippen LogP contribution in [0.3, 0.4) is 0 Å². The fourth-order valence-corrected chi connectivity index (χ4v) is 1.65. The van der Waals surface area contributed by atoms with E-state index in [1.165, 1.54) is 18.6 Å². The topological polar surface area (TPSA) is 104 Å². The van der Waals surface area contributed by atoms with Gasteiger partial charge < -0.3 is 5.43 Å². The Hall–Kier alpha value is -1.65. The second-order valence-electron chi connectivity index (χ2n) is 2.52. The molecule has 0 saturated carbocycles. The Morgan fingerprint density at radius 2 is 2.43 bits per heavy atom. The quantitative estimate of drug-likeness (QED) is 0.416. The molecular formula is C7H9N5OS. The third-order valence-corrected chi connectivity index (χ3v) is 3.08. The highest BCUT2D eigenvalue weighted by Gasteiger charge is 2.05. The van der Waals surface area contributed by atoms with Gasteiger partial charge in [0.05, 0.1) is 14.6 Å². The maximum atomic E-state index is 11.7. The number of rotatable bonds is 2. The fourth-order valence-electron chi connectivity index (χ4n) is 0.820. The van der Waals surface area contributed by atoms with Gasteiger partial charge in [-0.05, 0) is 12.1 Å². The minimum atomic E-state index is -2.65. The molecule has 0 bridgehead atoms. The highest BCUT2D eigenvalue weighted by Crippen LogP contribution is 2.11. The van der Waals surface area contributed by atoms with E-state index in [2.05, 4.69) is 14.8 Å². The smallest absolute Gasteiger partial charge is 0.214 e. The number of hydrazine groups is 1. The predicted octanol–water partition coefficient (Wildman–Crippen LogP) is 0.305. The first kappa shape index (κ1) is 10.4. The van der Waals surface area contributed by atoms with Gasteiger partial charge in [-0.3, -0.25) is 0 Å². The molecule has 0 radical (unpaired) electrons. The van der Waals surface area contributed by atoms with Gasteiger partial charge in [0.15, 0.2) is 0 Å². The SMILES string of the molecule is CS(=O)(=NC#N)c1ccc(NN)nc1. The molecule has 0 fully saturated rings. The average Bonchev–Trinajstić information content (AvgIpc) is 2.18. The number of nitrogens with zero attached hydrogens (tertiary/aromatic N) is 3. The monoisotopic (exact) mass is 211 g/mol. The van der Waals surface area contributed by atoms with Crippen LogP contribution in [0.4, 0.5) is 5.82 Å². The van der Waals surface area contributed by atoms with Crippen LogP contribution in [0.15, 0.2) is 27.6 Å². The molecule has 1 rings (SSSR count). The van der Waals surface area contributed by atoms with Gasteiger partial charge >= 0.3 is 0 Å². The van der Waals surface area contributed by atoms with Crippen molar-refractivity contribution in [1.29, 1.82) is 5.26 Å². The van der Waals surface area contributed by atoms with E-state index in [0.717, 1.165) is 0 Å².